The van der Waals surface area contributed by atoms with Crippen LogP contribution in [0.25, 0.3) is 0 Å². The zero-order valence-corrected chi connectivity index (χ0v) is 17.1. The summed E-state index contributed by atoms with van der Waals surface area (Å²) in [5.74, 6) is -0.331. The summed E-state index contributed by atoms with van der Waals surface area (Å²) in [4.78, 5) is 15.4. The molecule has 1 unspecified atom stereocenters. The highest BCUT2D eigenvalue weighted by atomic mass is 32.2. The Hall–Kier alpha value is -2.19. The molecule has 2 aromatic rings. The number of aliphatic carboxylic acids is 1. The highest BCUT2D eigenvalue weighted by molar-refractivity contribution is 7.99. The zero-order chi connectivity index (χ0) is 20.9. The Kier molecular flexibility index (Phi) is 7.08. The summed E-state index contributed by atoms with van der Waals surface area (Å²) in [7, 11) is 0. The van der Waals surface area contributed by atoms with Crippen LogP contribution in [0.5, 0.6) is 0 Å². The van der Waals surface area contributed by atoms with Gasteiger partial charge in [-0.15, -0.1) is 23.1 Å². The second-order valence-electron chi connectivity index (χ2n) is 6.55. The van der Waals surface area contributed by atoms with E-state index in [0.717, 1.165) is 17.0 Å². The van der Waals surface area contributed by atoms with E-state index in [9.17, 15) is 23.1 Å². The van der Waals surface area contributed by atoms with Crippen LogP contribution in [-0.4, -0.2) is 27.8 Å². The molecule has 0 saturated carbocycles. The van der Waals surface area contributed by atoms with Gasteiger partial charge < -0.3 is 10.0 Å². The lowest BCUT2D eigenvalue weighted by molar-refractivity contribution is -0.137. The van der Waals surface area contributed by atoms with Crippen LogP contribution < -0.4 is 0 Å². The van der Waals surface area contributed by atoms with Crippen molar-refractivity contribution in [1.29, 1.82) is 0 Å². The fourth-order valence-corrected chi connectivity index (χ4v) is 4.80. The number of thioether (sulfide) groups is 1. The topological polar surface area (TPSA) is 40.5 Å². The molecule has 0 bridgehead atoms. The van der Waals surface area contributed by atoms with Crippen molar-refractivity contribution in [3.8, 4) is 0 Å². The van der Waals surface area contributed by atoms with Crippen LogP contribution in [0.3, 0.4) is 0 Å². The molecular weight excluding hydrogens is 419 g/mol. The van der Waals surface area contributed by atoms with Gasteiger partial charge in [0.25, 0.3) is 0 Å². The van der Waals surface area contributed by atoms with Crippen LogP contribution in [0.1, 0.15) is 23.3 Å². The van der Waals surface area contributed by atoms with Crippen molar-refractivity contribution in [3.05, 3.63) is 76.1 Å². The molecule has 1 N–H and O–H groups in total. The van der Waals surface area contributed by atoms with Gasteiger partial charge in [-0.2, -0.15) is 13.2 Å². The third-order valence-electron chi connectivity index (χ3n) is 4.53. The van der Waals surface area contributed by atoms with Gasteiger partial charge in [0.05, 0.1) is 23.7 Å². The van der Waals surface area contributed by atoms with E-state index in [0.29, 0.717) is 35.6 Å². The van der Waals surface area contributed by atoms with Crippen molar-refractivity contribution in [1.82, 2.24) is 4.90 Å². The van der Waals surface area contributed by atoms with Gasteiger partial charge in [-0.05, 0) is 60.4 Å². The predicted octanol–water partition coefficient (Wildman–Crippen LogP) is 6.05. The Morgan fingerprint density at radius 2 is 2.07 bits per heavy atom. The molecule has 154 valence electrons. The summed E-state index contributed by atoms with van der Waals surface area (Å²) in [6, 6.07) is 8.99. The number of alkyl halides is 3. The van der Waals surface area contributed by atoms with Crippen molar-refractivity contribution >= 4 is 29.1 Å². The molecule has 1 atom stereocenters. The third kappa shape index (κ3) is 5.90. The number of halogens is 3. The monoisotopic (exact) mass is 439 g/mol. The van der Waals surface area contributed by atoms with Gasteiger partial charge in [-0.25, -0.2) is 4.79 Å². The lowest BCUT2D eigenvalue weighted by Gasteiger charge is -2.33. The lowest BCUT2D eigenvalue weighted by Crippen LogP contribution is -2.36. The fraction of sp³-hybridized carbons (Fsp3) is 0.286. The van der Waals surface area contributed by atoms with Gasteiger partial charge >= 0.3 is 12.1 Å². The van der Waals surface area contributed by atoms with Gasteiger partial charge in [0.1, 0.15) is 0 Å². The average molecular weight is 440 g/mol. The van der Waals surface area contributed by atoms with Gasteiger partial charge in [-0.3, -0.25) is 0 Å². The van der Waals surface area contributed by atoms with Gasteiger partial charge in [0, 0.05) is 16.0 Å². The first-order chi connectivity index (χ1) is 13.8. The van der Waals surface area contributed by atoms with E-state index in [1.54, 1.807) is 29.6 Å². The molecule has 0 amide bonds. The van der Waals surface area contributed by atoms with E-state index in [4.69, 9.17) is 0 Å². The highest BCUT2D eigenvalue weighted by Crippen LogP contribution is 2.32. The standard InChI is InChI=1S/C21H20F3NO2S2/c22-21(23,24)15-5-1-6-16(13-15)28-12-4-9-19-18(20(26)27)8-2-10-25(19)14-17-7-3-11-29-17/h1-3,5-8,10-11,13,19H,4,9,12,14H2,(H,26,27). The molecule has 8 heteroatoms. The largest absolute Gasteiger partial charge is 0.478 e. The maximum absolute atomic E-state index is 12.8. The number of rotatable bonds is 8. The Morgan fingerprint density at radius 3 is 2.76 bits per heavy atom. The lowest BCUT2D eigenvalue weighted by atomic mass is 9.98. The van der Waals surface area contributed by atoms with E-state index in [-0.39, 0.29) is 6.04 Å². The predicted molar refractivity (Wildman–Crippen MR) is 110 cm³/mol. The molecule has 0 saturated heterocycles. The summed E-state index contributed by atoms with van der Waals surface area (Å²) in [5, 5.41) is 11.5. The number of carboxylic acid groups (broad SMARTS) is 1. The van der Waals surface area contributed by atoms with E-state index in [2.05, 4.69) is 0 Å². The molecule has 0 aliphatic carbocycles. The number of benzene rings is 1. The Morgan fingerprint density at radius 1 is 1.24 bits per heavy atom. The van der Waals surface area contributed by atoms with Crippen LogP contribution in [0, 0.1) is 0 Å². The van der Waals surface area contributed by atoms with Crippen molar-refractivity contribution in [2.75, 3.05) is 5.75 Å². The molecule has 1 aromatic heterocycles. The molecule has 1 aromatic carbocycles. The van der Waals surface area contributed by atoms with Crippen LogP contribution in [0.2, 0.25) is 0 Å². The minimum Gasteiger partial charge on any atom is -0.478 e. The summed E-state index contributed by atoms with van der Waals surface area (Å²) in [6.45, 7) is 0.629. The first-order valence-corrected chi connectivity index (χ1v) is 10.9. The number of hydrogen-bond donors (Lipinski definition) is 1. The Bertz CT molecular complexity index is 892. The van der Waals surface area contributed by atoms with Crippen LogP contribution >= 0.6 is 23.1 Å². The molecule has 3 rings (SSSR count). The van der Waals surface area contributed by atoms with Crippen molar-refractivity contribution < 1.29 is 23.1 Å². The van der Waals surface area contributed by atoms with E-state index < -0.39 is 17.7 Å². The van der Waals surface area contributed by atoms with Gasteiger partial charge in [0.2, 0.25) is 0 Å². The molecule has 1 aliphatic rings. The third-order valence-corrected chi connectivity index (χ3v) is 6.47. The zero-order valence-electron chi connectivity index (χ0n) is 15.4. The first-order valence-electron chi connectivity index (χ1n) is 9.04. The van der Waals surface area contributed by atoms with Crippen molar-refractivity contribution in [2.24, 2.45) is 0 Å². The molecule has 1 aliphatic heterocycles. The summed E-state index contributed by atoms with van der Waals surface area (Å²) in [6.07, 6.45) is 2.21. The Labute approximate surface area is 175 Å². The van der Waals surface area contributed by atoms with Crippen LogP contribution in [0.15, 0.2) is 70.6 Å². The smallest absolute Gasteiger partial charge is 0.416 e. The van der Waals surface area contributed by atoms with Crippen molar-refractivity contribution in [2.45, 2.75) is 36.5 Å². The second kappa shape index (κ2) is 9.54. The molecule has 3 nitrogen and oxygen atoms in total. The Balaban J connectivity index is 1.60. The normalized spacial score (nSPS) is 16.7. The summed E-state index contributed by atoms with van der Waals surface area (Å²) < 4.78 is 38.5. The molecule has 0 spiro atoms. The SMILES string of the molecule is O=C(O)C1=CC=CN(Cc2cccs2)C1CCCSc1cccc(C(F)(F)F)c1. The number of allylic oxidation sites excluding steroid dienone is 2. The number of thiophene rings is 1. The number of hydrogen-bond acceptors (Lipinski definition) is 4. The van der Waals surface area contributed by atoms with Gasteiger partial charge in [-0.1, -0.05) is 12.1 Å². The quantitative estimate of drug-likeness (QED) is 0.402. The molecule has 2 heterocycles. The molecule has 0 fully saturated rings. The van der Waals surface area contributed by atoms with Crippen LogP contribution in [0.4, 0.5) is 13.2 Å². The highest BCUT2D eigenvalue weighted by Gasteiger charge is 2.30. The maximum Gasteiger partial charge on any atom is 0.416 e. The summed E-state index contributed by atoms with van der Waals surface area (Å²) in [5.41, 5.74) is -0.314. The molecular formula is C21H20F3NO2S2. The van der Waals surface area contributed by atoms with Crippen LogP contribution in [-0.2, 0) is 17.5 Å². The van der Waals surface area contributed by atoms with E-state index in [1.165, 1.54) is 17.8 Å². The number of nitrogens with zero attached hydrogens (tertiary/aromatic N) is 1. The first kappa shape index (κ1) is 21.5. The van der Waals surface area contributed by atoms with E-state index >= 15 is 0 Å². The minimum absolute atomic E-state index is 0.262. The average Bonchev–Trinajstić information content (AvgIpc) is 3.18. The fourth-order valence-electron chi connectivity index (χ4n) is 3.16. The summed E-state index contributed by atoms with van der Waals surface area (Å²) >= 11 is 2.97. The number of carbonyl (C=O) groups is 1. The molecule has 0 radical (unpaired) electrons. The second-order valence-corrected chi connectivity index (χ2v) is 8.75. The van der Waals surface area contributed by atoms with Gasteiger partial charge in [0.15, 0.2) is 0 Å². The molecule has 29 heavy (non-hydrogen) atoms. The minimum atomic E-state index is -4.35. The van der Waals surface area contributed by atoms with Crippen molar-refractivity contribution in [3.63, 3.8) is 0 Å². The van der Waals surface area contributed by atoms with E-state index in [1.807, 2.05) is 28.6 Å². The maximum atomic E-state index is 12.8. The number of carboxylic acids is 1.